The van der Waals surface area contributed by atoms with E-state index in [2.05, 4.69) is 77.6 Å². The van der Waals surface area contributed by atoms with Crippen LogP contribution in [0.15, 0.2) is 60.8 Å². The van der Waals surface area contributed by atoms with E-state index in [1.807, 2.05) is 26.8 Å². The highest BCUT2D eigenvalue weighted by molar-refractivity contribution is 5.96. The molecule has 2 aromatic carbocycles. The van der Waals surface area contributed by atoms with Gasteiger partial charge >= 0.3 is 5.97 Å². The van der Waals surface area contributed by atoms with Gasteiger partial charge in [0.25, 0.3) is 0 Å². The fraction of sp³-hybridized carbons (Fsp3) is 0.400. The molecular weight excluding hydrogens is 434 g/mol. The second-order valence-electron chi connectivity index (χ2n) is 9.74. The van der Waals surface area contributed by atoms with Gasteiger partial charge in [-0.1, -0.05) is 55.5 Å². The third kappa shape index (κ3) is 5.57. The third-order valence-corrected chi connectivity index (χ3v) is 6.79. The summed E-state index contributed by atoms with van der Waals surface area (Å²) in [6, 6.07) is 19.7. The Balaban J connectivity index is 1.54. The third-order valence-electron chi connectivity index (χ3n) is 6.79. The molecule has 0 bridgehead atoms. The number of carbonyl (C=O) groups excluding carboxylic acids is 1. The largest absolute Gasteiger partial charge is 0.459 e. The first-order chi connectivity index (χ1) is 16.9. The number of nitrogens with zero attached hydrogens (tertiary/aromatic N) is 2. The molecule has 1 saturated heterocycles. The van der Waals surface area contributed by atoms with Gasteiger partial charge in [-0.15, -0.1) is 0 Å². The molecule has 0 spiro atoms. The molecule has 1 aliphatic heterocycles. The monoisotopic (exact) mass is 471 g/mol. The van der Waals surface area contributed by atoms with Gasteiger partial charge < -0.3 is 15.0 Å². The SMILES string of the molecule is CCC(N[C@@H]1CCN(c2nccc(C)c2C(=O)OC(C)C)C1)c1ccccc1-c1ccccc1C. The van der Waals surface area contributed by atoms with Crippen molar-refractivity contribution in [2.45, 2.75) is 65.6 Å². The molecule has 184 valence electrons. The van der Waals surface area contributed by atoms with E-state index >= 15 is 0 Å². The number of aryl methyl sites for hydroxylation is 2. The molecule has 35 heavy (non-hydrogen) atoms. The fourth-order valence-electron chi connectivity index (χ4n) is 5.03. The molecule has 0 aliphatic carbocycles. The minimum Gasteiger partial charge on any atom is -0.459 e. The normalized spacial score (nSPS) is 16.5. The van der Waals surface area contributed by atoms with Crippen molar-refractivity contribution in [1.82, 2.24) is 10.3 Å². The van der Waals surface area contributed by atoms with Crippen LogP contribution in [0.2, 0.25) is 0 Å². The van der Waals surface area contributed by atoms with Crippen LogP contribution < -0.4 is 10.2 Å². The lowest BCUT2D eigenvalue weighted by Gasteiger charge is -2.26. The van der Waals surface area contributed by atoms with Crippen LogP contribution in [0.5, 0.6) is 0 Å². The molecule has 1 fully saturated rings. The Kier molecular flexibility index (Phi) is 7.86. The number of hydrogen-bond acceptors (Lipinski definition) is 5. The van der Waals surface area contributed by atoms with Crippen LogP contribution in [-0.2, 0) is 4.74 Å². The van der Waals surface area contributed by atoms with Crippen LogP contribution in [0.4, 0.5) is 5.82 Å². The molecule has 2 heterocycles. The minimum absolute atomic E-state index is 0.165. The van der Waals surface area contributed by atoms with Crippen molar-refractivity contribution >= 4 is 11.8 Å². The summed E-state index contributed by atoms with van der Waals surface area (Å²) in [7, 11) is 0. The van der Waals surface area contributed by atoms with Crippen LogP contribution in [0.1, 0.15) is 66.7 Å². The zero-order chi connectivity index (χ0) is 24.9. The van der Waals surface area contributed by atoms with Crippen molar-refractivity contribution in [3.05, 3.63) is 83.0 Å². The molecule has 4 rings (SSSR count). The number of rotatable bonds is 8. The van der Waals surface area contributed by atoms with Crippen LogP contribution in [0.3, 0.4) is 0 Å². The summed E-state index contributed by atoms with van der Waals surface area (Å²) in [6.45, 7) is 11.8. The number of hydrogen-bond donors (Lipinski definition) is 1. The van der Waals surface area contributed by atoms with E-state index in [1.54, 1.807) is 6.20 Å². The van der Waals surface area contributed by atoms with Crippen molar-refractivity contribution < 1.29 is 9.53 Å². The Bertz CT molecular complexity index is 1170. The number of nitrogens with one attached hydrogen (secondary N) is 1. The fourth-order valence-corrected chi connectivity index (χ4v) is 5.03. The van der Waals surface area contributed by atoms with Crippen LogP contribution in [0, 0.1) is 13.8 Å². The zero-order valence-electron chi connectivity index (χ0n) is 21.5. The van der Waals surface area contributed by atoms with Crippen molar-refractivity contribution in [3.63, 3.8) is 0 Å². The number of aromatic nitrogens is 1. The van der Waals surface area contributed by atoms with Crippen LogP contribution in [0.25, 0.3) is 11.1 Å². The lowest BCUT2D eigenvalue weighted by atomic mass is 9.91. The van der Waals surface area contributed by atoms with Crippen LogP contribution in [-0.4, -0.2) is 36.2 Å². The number of ether oxygens (including phenoxy) is 1. The highest BCUT2D eigenvalue weighted by Crippen LogP contribution is 2.33. The Labute approximate surface area is 209 Å². The molecule has 0 amide bonds. The van der Waals surface area contributed by atoms with E-state index in [0.29, 0.717) is 11.6 Å². The van der Waals surface area contributed by atoms with E-state index in [4.69, 9.17) is 4.74 Å². The van der Waals surface area contributed by atoms with Crippen molar-refractivity contribution in [1.29, 1.82) is 0 Å². The molecule has 2 atom stereocenters. The first-order valence-electron chi connectivity index (χ1n) is 12.7. The Hall–Kier alpha value is -3.18. The number of esters is 1. The molecule has 1 aliphatic rings. The maximum absolute atomic E-state index is 12.8. The summed E-state index contributed by atoms with van der Waals surface area (Å²) in [5.74, 6) is 0.434. The molecule has 1 N–H and O–H groups in total. The molecule has 1 unspecified atom stereocenters. The second-order valence-corrected chi connectivity index (χ2v) is 9.74. The highest BCUT2D eigenvalue weighted by atomic mass is 16.5. The van der Waals surface area contributed by atoms with Gasteiger partial charge in [0, 0.05) is 31.4 Å². The minimum atomic E-state index is -0.296. The number of anilines is 1. The van der Waals surface area contributed by atoms with Crippen molar-refractivity contribution in [2.75, 3.05) is 18.0 Å². The summed E-state index contributed by atoms with van der Waals surface area (Å²) in [6.07, 6.45) is 3.61. The molecule has 1 aromatic heterocycles. The summed E-state index contributed by atoms with van der Waals surface area (Å²) in [5, 5.41) is 3.92. The van der Waals surface area contributed by atoms with Gasteiger partial charge in [0.15, 0.2) is 0 Å². The first-order valence-corrected chi connectivity index (χ1v) is 12.7. The van der Waals surface area contributed by atoms with Crippen LogP contribution >= 0.6 is 0 Å². The average molecular weight is 472 g/mol. The predicted molar refractivity (Wildman–Crippen MR) is 143 cm³/mol. The number of pyridine rings is 1. The van der Waals surface area contributed by atoms with E-state index < -0.39 is 0 Å². The van der Waals surface area contributed by atoms with Gasteiger partial charge in [-0.05, 0) is 74.4 Å². The quantitative estimate of drug-likeness (QED) is 0.394. The summed E-state index contributed by atoms with van der Waals surface area (Å²) in [5.41, 5.74) is 6.67. The second kappa shape index (κ2) is 11.0. The van der Waals surface area contributed by atoms with E-state index in [-0.39, 0.29) is 18.1 Å². The van der Waals surface area contributed by atoms with E-state index in [1.165, 1.54) is 22.3 Å². The summed E-state index contributed by atoms with van der Waals surface area (Å²) < 4.78 is 5.53. The average Bonchev–Trinajstić information content (AvgIpc) is 3.31. The zero-order valence-corrected chi connectivity index (χ0v) is 21.5. The summed E-state index contributed by atoms with van der Waals surface area (Å²) in [4.78, 5) is 19.7. The standard InChI is InChI=1S/C30H37N3O2/c1-6-27(26-14-10-9-13-25(26)24-12-8-7-11-21(24)4)32-23-16-18-33(19-23)29-28(22(5)15-17-31-29)30(34)35-20(2)3/h7-15,17,20,23,27,32H,6,16,18-19H2,1-5H3/t23-,27?/m1/s1. The molecule has 0 saturated carbocycles. The van der Waals surface area contributed by atoms with Gasteiger partial charge in [-0.2, -0.15) is 0 Å². The van der Waals surface area contributed by atoms with Gasteiger partial charge in [0.05, 0.1) is 6.10 Å². The lowest BCUT2D eigenvalue weighted by Crippen LogP contribution is -2.36. The lowest BCUT2D eigenvalue weighted by molar-refractivity contribution is 0.0377. The topological polar surface area (TPSA) is 54.5 Å². The Morgan fingerprint density at radius 2 is 1.77 bits per heavy atom. The number of benzene rings is 2. The molecule has 0 radical (unpaired) electrons. The summed E-state index contributed by atoms with van der Waals surface area (Å²) >= 11 is 0. The molecule has 3 aromatic rings. The van der Waals surface area contributed by atoms with E-state index in [9.17, 15) is 4.79 Å². The Morgan fingerprint density at radius 1 is 1.06 bits per heavy atom. The Morgan fingerprint density at radius 3 is 2.49 bits per heavy atom. The maximum Gasteiger partial charge on any atom is 0.342 e. The van der Waals surface area contributed by atoms with Gasteiger partial charge in [0.1, 0.15) is 11.4 Å². The van der Waals surface area contributed by atoms with Gasteiger partial charge in [-0.3, -0.25) is 0 Å². The van der Waals surface area contributed by atoms with Gasteiger partial charge in [0.2, 0.25) is 0 Å². The van der Waals surface area contributed by atoms with Crippen molar-refractivity contribution in [3.8, 4) is 11.1 Å². The molecular formula is C30H37N3O2. The predicted octanol–water partition coefficient (Wildman–Crippen LogP) is 6.25. The number of carbonyl (C=O) groups is 1. The van der Waals surface area contributed by atoms with Gasteiger partial charge in [-0.25, -0.2) is 9.78 Å². The molecule has 5 heteroatoms. The highest BCUT2D eigenvalue weighted by Gasteiger charge is 2.30. The molecule has 5 nitrogen and oxygen atoms in total. The van der Waals surface area contributed by atoms with E-state index in [0.717, 1.165) is 37.3 Å². The first kappa shape index (κ1) is 24.9. The van der Waals surface area contributed by atoms with Crippen molar-refractivity contribution in [2.24, 2.45) is 0 Å². The smallest absolute Gasteiger partial charge is 0.342 e. The maximum atomic E-state index is 12.8.